The highest BCUT2D eigenvalue weighted by atomic mass is 16.5. The maximum Gasteiger partial charge on any atom is 0.305 e. The van der Waals surface area contributed by atoms with Crippen LogP contribution in [0.25, 0.3) is 0 Å². The molecule has 9 nitrogen and oxygen atoms in total. The number of nitrogens with two attached hydrogens (primary N) is 1. The minimum Gasteiger partial charge on any atom is -0.459 e. The van der Waals surface area contributed by atoms with Gasteiger partial charge in [-0.1, -0.05) is 0 Å². The van der Waals surface area contributed by atoms with Crippen LogP contribution in [0.1, 0.15) is 23.4 Å². The molecule has 2 aromatic heterocycles. The highest BCUT2D eigenvalue weighted by molar-refractivity contribution is 5.92. The maximum absolute atomic E-state index is 11.8. The Labute approximate surface area is 132 Å². The predicted octanol–water partition coefficient (Wildman–Crippen LogP) is 1.000. The van der Waals surface area contributed by atoms with Crippen molar-refractivity contribution < 1.29 is 13.9 Å². The SMILES string of the molecule is Nc1c(NCC2CCCO2)ncnc1NNC(=O)c1ccco1. The van der Waals surface area contributed by atoms with Gasteiger partial charge in [0.25, 0.3) is 0 Å². The predicted molar refractivity (Wildman–Crippen MR) is 83.7 cm³/mol. The zero-order valence-electron chi connectivity index (χ0n) is 12.4. The Morgan fingerprint density at radius 1 is 1.39 bits per heavy atom. The number of amides is 1. The average Bonchev–Trinajstić information content (AvgIpc) is 3.25. The van der Waals surface area contributed by atoms with Gasteiger partial charge in [0, 0.05) is 13.2 Å². The number of nitrogen functional groups attached to an aromatic ring is 1. The van der Waals surface area contributed by atoms with E-state index >= 15 is 0 Å². The zero-order chi connectivity index (χ0) is 16.1. The third kappa shape index (κ3) is 3.69. The Kier molecular flexibility index (Phi) is 4.57. The summed E-state index contributed by atoms with van der Waals surface area (Å²) in [6, 6.07) is 3.18. The van der Waals surface area contributed by atoms with Crippen molar-refractivity contribution in [2.24, 2.45) is 0 Å². The molecular weight excluding hydrogens is 300 g/mol. The van der Waals surface area contributed by atoms with E-state index in [2.05, 4.69) is 26.1 Å². The molecule has 0 radical (unpaired) electrons. The van der Waals surface area contributed by atoms with E-state index in [-0.39, 0.29) is 11.9 Å². The Hall–Kier alpha value is -2.81. The van der Waals surface area contributed by atoms with Crippen molar-refractivity contribution in [1.82, 2.24) is 15.4 Å². The van der Waals surface area contributed by atoms with Crippen molar-refractivity contribution in [2.45, 2.75) is 18.9 Å². The normalized spacial score (nSPS) is 17.0. The molecule has 0 saturated carbocycles. The third-order valence-electron chi connectivity index (χ3n) is 3.44. The summed E-state index contributed by atoms with van der Waals surface area (Å²) >= 11 is 0. The molecule has 1 atom stereocenters. The number of hydrogen-bond acceptors (Lipinski definition) is 8. The molecule has 3 rings (SSSR count). The molecule has 3 heterocycles. The van der Waals surface area contributed by atoms with Crippen molar-refractivity contribution in [3.05, 3.63) is 30.5 Å². The number of hydrazine groups is 1. The average molecular weight is 318 g/mol. The summed E-state index contributed by atoms with van der Waals surface area (Å²) in [6.45, 7) is 1.41. The largest absolute Gasteiger partial charge is 0.459 e. The first kappa shape index (κ1) is 15.1. The van der Waals surface area contributed by atoms with E-state index in [4.69, 9.17) is 14.9 Å². The molecule has 23 heavy (non-hydrogen) atoms. The summed E-state index contributed by atoms with van der Waals surface area (Å²) < 4.78 is 10.5. The Morgan fingerprint density at radius 2 is 2.26 bits per heavy atom. The number of carbonyl (C=O) groups is 1. The third-order valence-corrected chi connectivity index (χ3v) is 3.44. The number of anilines is 3. The molecular formula is C14H18N6O3. The van der Waals surface area contributed by atoms with Crippen molar-refractivity contribution >= 4 is 23.2 Å². The lowest BCUT2D eigenvalue weighted by Gasteiger charge is -2.14. The van der Waals surface area contributed by atoms with E-state index in [9.17, 15) is 4.79 Å². The molecule has 0 spiro atoms. The first-order chi connectivity index (χ1) is 11.2. The lowest BCUT2D eigenvalue weighted by molar-refractivity contribution is 0.0935. The molecule has 1 aliphatic rings. The van der Waals surface area contributed by atoms with Crippen LogP contribution in [0.15, 0.2) is 29.1 Å². The number of nitrogens with zero attached hydrogens (tertiary/aromatic N) is 2. The second-order valence-electron chi connectivity index (χ2n) is 5.06. The molecule has 5 N–H and O–H groups in total. The molecule has 1 amide bonds. The number of rotatable bonds is 6. The topological polar surface area (TPSA) is 127 Å². The lowest BCUT2D eigenvalue weighted by atomic mass is 10.2. The maximum atomic E-state index is 11.8. The fourth-order valence-electron chi connectivity index (χ4n) is 2.24. The van der Waals surface area contributed by atoms with Crippen molar-refractivity contribution in [1.29, 1.82) is 0 Å². The van der Waals surface area contributed by atoms with Crippen LogP contribution in [0.5, 0.6) is 0 Å². The van der Waals surface area contributed by atoms with Gasteiger partial charge in [-0.2, -0.15) is 0 Å². The van der Waals surface area contributed by atoms with Crippen molar-refractivity contribution in [3.63, 3.8) is 0 Å². The number of hydrogen-bond donors (Lipinski definition) is 4. The molecule has 1 fully saturated rings. The number of aromatic nitrogens is 2. The van der Waals surface area contributed by atoms with Crippen LogP contribution in [0, 0.1) is 0 Å². The summed E-state index contributed by atoms with van der Waals surface area (Å²) in [4.78, 5) is 19.9. The van der Waals surface area contributed by atoms with Gasteiger partial charge in [0.05, 0.1) is 12.4 Å². The Balaban J connectivity index is 1.58. The standard InChI is InChI=1S/C14H18N6O3/c15-11-12(16-7-9-3-1-5-22-9)17-8-18-13(11)19-20-14(21)10-4-2-6-23-10/h2,4,6,8-9H,1,3,5,7,15H2,(H,20,21)(H2,16,17,18,19). The number of nitrogens with one attached hydrogen (secondary N) is 3. The van der Waals surface area contributed by atoms with Crippen LogP contribution in [-0.4, -0.2) is 35.1 Å². The summed E-state index contributed by atoms with van der Waals surface area (Å²) in [5.41, 5.74) is 11.4. The van der Waals surface area contributed by atoms with E-state index in [0.717, 1.165) is 19.4 Å². The molecule has 1 unspecified atom stereocenters. The Morgan fingerprint density at radius 3 is 3.00 bits per heavy atom. The van der Waals surface area contributed by atoms with Crippen LogP contribution < -0.4 is 21.9 Å². The van der Waals surface area contributed by atoms with Crippen LogP contribution in [0.2, 0.25) is 0 Å². The second kappa shape index (κ2) is 6.97. The fraction of sp³-hybridized carbons (Fsp3) is 0.357. The first-order valence-corrected chi connectivity index (χ1v) is 7.30. The summed E-state index contributed by atoms with van der Waals surface area (Å²) in [5.74, 6) is 0.545. The number of furan rings is 1. The lowest BCUT2D eigenvalue weighted by Crippen LogP contribution is -2.30. The van der Waals surface area contributed by atoms with E-state index < -0.39 is 5.91 Å². The smallest absolute Gasteiger partial charge is 0.305 e. The molecule has 122 valence electrons. The van der Waals surface area contributed by atoms with Gasteiger partial charge in [-0.15, -0.1) is 0 Å². The van der Waals surface area contributed by atoms with Gasteiger partial charge in [0.2, 0.25) is 0 Å². The van der Waals surface area contributed by atoms with E-state index in [1.807, 2.05) is 0 Å². The highest BCUT2D eigenvalue weighted by Gasteiger charge is 2.17. The van der Waals surface area contributed by atoms with Crippen molar-refractivity contribution in [2.75, 3.05) is 29.6 Å². The van der Waals surface area contributed by atoms with Gasteiger partial charge < -0.3 is 20.2 Å². The summed E-state index contributed by atoms with van der Waals surface area (Å²) in [5, 5.41) is 3.14. The summed E-state index contributed by atoms with van der Waals surface area (Å²) in [6.07, 6.45) is 5.02. The van der Waals surface area contributed by atoms with Gasteiger partial charge >= 0.3 is 5.91 Å². The second-order valence-corrected chi connectivity index (χ2v) is 5.06. The monoisotopic (exact) mass is 318 g/mol. The van der Waals surface area contributed by atoms with Gasteiger partial charge in [-0.05, 0) is 25.0 Å². The van der Waals surface area contributed by atoms with E-state index in [0.29, 0.717) is 23.9 Å². The molecule has 2 aromatic rings. The van der Waals surface area contributed by atoms with Crippen LogP contribution >= 0.6 is 0 Å². The minimum absolute atomic E-state index is 0.166. The van der Waals surface area contributed by atoms with E-state index in [1.165, 1.54) is 12.6 Å². The van der Waals surface area contributed by atoms with Crippen LogP contribution in [-0.2, 0) is 4.74 Å². The molecule has 0 bridgehead atoms. The van der Waals surface area contributed by atoms with Crippen LogP contribution in [0.4, 0.5) is 17.3 Å². The van der Waals surface area contributed by atoms with Gasteiger partial charge in [0.1, 0.15) is 12.0 Å². The van der Waals surface area contributed by atoms with Gasteiger partial charge in [-0.25, -0.2) is 9.97 Å². The number of carbonyl (C=O) groups excluding carboxylic acids is 1. The molecule has 0 aromatic carbocycles. The molecule has 1 saturated heterocycles. The van der Waals surface area contributed by atoms with Crippen molar-refractivity contribution in [3.8, 4) is 0 Å². The highest BCUT2D eigenvalue weighted by Crippen LogP contribution is 2.22. The van der Waals surface area contributed by atoms with Crippen LogP contribution in [0.3, 0.4) is 0 Å². The number of ether oxygens (including phenoxy) is 1. The molecule has 1 aliphatic heterocycles. The Bertz CT molecular complexity index is 655. The first-order valence-electron chi connectivity index (χ1n) is 7.30. The molecule has 9 heteroatoms. The minimum atomic E-state index is -0.429. The molecule has 0 aliphatic carbocycles. The summed E-state index contributed by atoms with van der Waals surface area (Å²) in [7, 11) is 0. The zero-order valence-corrected chi connectivity index (χ0v) is 12.4. The van der Waals surface area contributed by atoms with Gasteiger partial charge in [-0.3, -0.25) is 15.6 Å². The quantitative estimate of drug-likeness (QED) is 0.581. The fourth-order valence-corrected chi connectivity index (χ4v) is 2.24. The van der Waals surface area contributed by atoms with E-state index in [1.54, 1.807) is 12.1 Å². The van der Waals surface area contributed by atoms with Gasteiger partial charge in [0.15, 0.2) is 17.4 Å².